The lowest BCUT2D eigenvalue weighted by Crippen LogP contribution is -1.97. The molecule has 52 valence electrons. The van der Waals surface area contributed by atoms with Crippen LogP contribution in [0.3, 0.4) is 0 Å². The highest BCUT2D eigenvalue weighted by Gasteiger charge is 2.48. The van der Waals surface area contributed by atoms with E-state index in [9.17, 15) is 0 Å². The third kappa shape index (κ3) is 0.910. The molecule has 0 bridgehead atoms. The lowest BCUT2D eigenvalue weighted by molar-refractivity contribution is 0.447. The van der Waals surface area contributed by atoms with Gasteiger partial charge in [-0.3, -0.25) is 0 Å². The van der Waals surface area contributed by atoms with E-state index < -0.39 is 0 Å². The van der Waals surface area contributed by atoms with Crippen LogP contribution in [0, 0.1) is 11.3 Å². The van der Waals surface area contributed by atoms with Crippen LogP contribution in [-0.4, -0.2) is 0 Å². The van der Waals surface area contributed by atoms with E-state index in [1.165, 1.54) is 19.3 Å². The van der Waals surface area contributed by atoms with E-state index in [0.717, 1.165) is 5.92 Å². The molecule has 0 aromatic heterocycles. The molecule has 0 N–H and O–H groups in total. The van der Waals surface area contributed by atoms with Crippen molar-refractivity contribution in [2.45, 2.75) is 33.1 Å². The summed E-state index contributed by atoms with van der Waals surface area (Å²) in [5.41, 5.74) is 0.682. The Bertz CT molecular complexity index is 109. The van der Waals surface area contributed by atoms with Gasteiger partial charge < -0.3 is 0 Å². The first kappa shape index (κ1) is 6.85. The Morgan fingerprint density at radius 3 is 2.22 bits per heavy atom. The molecule has 1 atom stereocenters. The highest BCUT2D eigenvalue weighted by atomic mass is 14.5. The molecule has 0 spiro atoms. The molecule has 9 heavy (non-hydrogen) atoms. The third-order valence-corrected chi connectivity index (χ3v) is 2.95. The second-order valence-corrected chi connectivity index (χ2v) is 3.12. The molecule has 0 heteroatoms. The van der Waals surface area contributed by atoms with Gasteiger partial charge in [0.1, 0.15) is 0 Å². The van der Waals surface area contributed by atoms with Gasteiger partial charge in [-0.2, -0.15) is 0 Å². The van der Waals surface area contributed by atoms with Crippen molar-refractivity contribution in [2.75, 3.05) is 0 Å². The van der Waals surface area contributed by atoms with Gasteiger partial charge in [0.2, 0.25) is 0 Å². The Balaban J connectivity index is 2.46. The summed E-state index contributed by atoms with van der Waals surface area (Å²) in [5, 5.41) is 0. The first-order valence-corrected chi connectivity index (χ1v) is 3.91. The average Bonchev–Trinajstić information content (AvgIpc) is 2.63. The van der Waals surface area contributed by atoms with Gasteiger partial charge in [-0.25, -0.2) is 0 Å². The average molecular weight is 124 g/mol. The van der Waals surface area contributed by atoms with E-state index in [2.05, 4.69) is 26.5 Å². The quantitative estimate of drug-likeness (QED) is 0.507. The van der Waals surface area contributed by atoms with Gasteiger partial charge in [0.15, 0.2) is 0 Å². The lowest BCUT2D eigenvalue weighted by atomic mass is 9.97. The van der Waals surface area contributed by atoms with Crippen molar-refractivity contribution in [1.29, 1.82) is 0 Å². The first-order valence-electron chi connectivity index (χ1n) is 3.91. The summed E-state index contributed by atoms with van der Waals surface area (Å²) in [6.45, 7) is 8.38. The summed E-state index contributed by atoms with van der Waals surface area (Å²) in [5.74, 6) is 0.840. The Morgan fingerprint density at radius 1 is 1.56 bits per heavy atom. The van der Waals surface area contributed by atoms with E-state index in [4.69, 9.17) is 0 Å². The topological polar surface area (TPSA) is 0 Å². The number of hydrogen-bond donors (Lipinski definition) is 0. The van der Waals surface area contributed by atoms with Crippen LogP contribution in [0.4, 0.5) is 0 Å². The van der Waals surface area contributed by atoms with Crippen LogP contribution in [-0.2, 0) is 0 Å². The maximum absolute atomic E-state index is 3.81. The largest absolute Gasteiger partial charge is 0.103 e. The van der Waals surface area contributed by atoms with Crippen molar-refractivity contribution in [3.05, 3.63) is 12.7 Å². The standard InChI is InChI=1S/C9H16/c1-4-8-7-9(8,5-2)6-3/h4,8H,1,5-7H2,2-3H3. The van der Waals surface area contributed by atoms with Gasteiger partial charge in [-0.15, -0.1) is 6.58 Å². The lowest BCUT2D eigenvalue weighted by Gasteiger charge is -2.08. The Kier molecular flexibility index (Phi) is 1.65. The van der Waals surface area contributed by atoms with E-state index in [1.54, 1.807) is 0 Å². The van der Waals surface area contributed by atoms with Crippen LogP contribution in [0.25, 0.3) is 0 Å². The predicted molar refractivity (Wildman–Crippen MR) is 41.3 cm³/mol. The monoisotopic (exact) mass is 124 g/mol. The minimum absolute atomic E-state index is 0.682. The predicted octanol–water partition coefficient (Wildman–Crippen LogP) is 3.00. The fourth-order valence-corrected chi connectivity index (χ4v) is 1.78. The molecule has 0 aliphatic heterocycles. The van der Waals surface area contributed by atoms with Gasteiger partial charge in [0, 0.05) is 0 Å². The van der Waals surface area contributed by atoms with Gasteiger partial charge in [0.25, 0.3) is 0 Å². The first-order chi connectivity index (χ1) is 4.29. The van der Waals surface area contributed by atoms with E-state index in [-0.39, 0.29) is 0 Å². The molecule has 0 saturated heterocycles. The summed E-state index contributed by atoms with van der Waals surface area (Å²) in [4.78, 5) is 0. The smallest absolute Gasteiger partial charge is 0.0174 e. The molecule has 0 heterocycles. The van der Waals surface area contributed by atoms with E-state index in [1.807, 2.05) is 0 Å². The van der Waals surface area contributed by atoms with Gasteiger partial charge in [-0.1, -0.05) is 19.9 Å². The van der Waals surface area contributed by atoms with Crippen molar-refractivity contribution in [1.82, 2.24) is 0 Å². The minimum Gasteiger partial charge on any atom is -0.103 e. The number of rotatable bonds is 3. The molecule has 1 saturated carbocycles. The van der Waals surface area contributed by atoms with Crippen LogP contribution in [0.2, 0.25) is 0 Å². The molecule has 0 aromatic rings. The molecular weight excluding hydrogens is 108 g/mol. The fourth-order valence-electron chi connectivity index (χ4n) is 1.78. The molecule has 1 rings (SSSR count). The maximum Gasteiger partial charge on any atom is -0.0174 e. The zero-order valence-corrected chi connectivity index (χ0v) is 6.48. The van der Waals surface area contributed by atoms with Crippen molar-refractivity contribution in [2.24, 2.45) is 11.3 Å². The summed E-state index contributed by atoms with van der Waals surface area (Å²) in [7, 11) is 0. The van der Waals surface area contributed by atoms with Crippen molar-refractivity contribution in [3.8, 4) is 0 Å². The van der Waals surface area contributed by atoms with E-state index >= 15 is 0 Å². The Morgan fingerprint density at radius 2 is 2.11 bits per heavy atom. The third-order valence-electron chi connectivity index (χ3n) is 2.95. The summed E-state index contributed by atoms with van der Waals surface area (Å²) < 4.78 is 0. The van der Waals surface area contributed by atoms with Crippen molar-refractivity contribution < 1.29 is 0 Å². The van der Waals surface area contributed by atoms with Crippen molar-refractivity contribution in [3.63, 3.8) is 0 Å². The molecular formula is C9H16. The highest BCUT2D eigenvalue weighted by molar-refractivity contribution is 5.08. The number of hydrogen-bond acceptors (Lipinski definition) is 0. The van der Waals surface area contributed by atoms with Crippen LogP contribution in [0.1, 0.15) is 33.1 Å². The second kappa shape index (κ2) is 2.17. The van der Waals surface area contributed by atoms with Crippen LogP contribution in [0.5, 0.6) is 0 Å². The second-order valence-electron chi connectivity index (χ2n) is 3.12. The zero-order chi connectivity index (χ0) is 6.91. The van der Waals surface area contributed by atoms with Crippen molar-refractivity contribution >= 4 is 0 Å². The highest BCUT2D eigenvalue weighted by Crippen LogP contribution is 2.57. The van der Waals surface area contributed by atoms with Crippen LogP contribution >= 0.6 is 0 Å². The van der Waals surface area contributed by atoms with Crippen LogP contribution in [0.15, 0.2) is 12.7 Å². The molecule has 1 aliphatic rings. The SMILES string of the molecule is C=CC1CC1(CC)CC. The molecule has 1 unspecified atom stereocenters. The Labute approximate surface area is 58.0 Å². The fraction of sp³-hybridized carbons (Fsp3) is 0.778. The summed E-state index contributed by atoms with van der Waals surface area (Å²) in [6, 6.07) is 0. The van der Waals surface area contributed by atoms with Crippen LogP contribution < -0.4 is 0 Å². The minimum atomic E-state index is 0.682. The Hall–Kier alpha value is -0.260. The molecule has 0 aromatic carbocycles. The zero-order valence-electron chi connectivity index (χ0n) is 6.48. The number of allylic oxidation sites excluding steroid dienone is 1. The molecule has 0 amide bonds. The molecule has 0 radical (unpaired) electrons. The van der Waals surface area contributed by atoms with Gasteiger partial charge >= 0.3 is 0 Å². The summed E-state index contributed by atoms with van der Waals surface area (Å²) in [6.07, 6.45) is 6.18. The molecule has 0 nitrogen and oxygen atoms in total. The summed E-state index contributed by atoms with van der Waals surface area (Å²) >= 11 is 0. The maximum atomic E-state index is 3.81. The van der Waals surface area contributed by atoms with E-state index in [0.29, 0.717) is 5.41 Å². The normalized spacial score (nSPS) is 29.8. The van der Waals surface area contributed by atoms with Gasteiger partial charge in [0.05, 0.1) is 0 Å². The molecule has 1 aliphatic carbocycles. The van der Waals surface area contributed by atoms with Gasteiger partial charge in [-0.05, 0) is 30.6 Å². The molecule has 1 fully saturated rings.